The van der Waals surface area contributed by atoms with E-state index in [1.165, 1.54) is 32.1 Å². The molecule has 1 saturated carbocycles. The number of hydrogen-bond acceptors (Lipinski definition) is 3. The quantitative estimate of drug-likeness (QED) is 0.679. The van der Waals surface area contributed by atoms with E-state index in [0.717, 1.165) is 10.9 Å². The number of anilines is 1. The lowest BCUT2D eigenvalue weighted by Crippen LogP contribution is -2.34. The fourth-order valence-corrected chi connectivity index (χ4v) is 4.85. The number of aliphatic imine (C=N–C) groups is 1. The van der Waals surface area contributed by atoms with Crippen molar-refractivity contribution in [1.82, 2.24) is 4.90 Å². The highest BCUT2D eigenvalue weighted by molar-refractivity contribution is 8.14. The number of carbonyl (C=O) groups is 1. The van der Waals surface area contributed by atoms with Crippen LogP contribution in [-0.4, -0.2) is 40.9 Å². The normalized spacial score (nSPS) is 22.3. The first-order chi connectivity index (χ1) is 12.0. The maximum Gasteiger partial charge on any atom is 0.226 e. The molecule has 0 radical (unpaired) electrons. The molecule has 26 heavy (non-hydrogen) atoms. The van der Waals surface area contributed by atoms with Gasteiger partial charge in [0.25, 0.3) is 0 Å². The first kappa shape index (κ1) is 21.7. The van der Waals surface area contributed by atoms with Gasteiger partial charge >= 0.3 is 0 Å². The minimum Gasteiger partial charge on any atom is -0.350 e. The summed E-state index contributed by atoms with van der Waals surface area (Å²) >= 11 is 13.9. The Morgan fingerprint density at radius 3 is 2.77 bits per heavy atom. The van der Waals surface area contributed by atoms with Crippen LogP contribution in [0.2, 0.25) is 10.0 Å². The Kier molecular flexibility index (Phi) is 8.40. The summed E-state index contributed by atoms with van der Waals surface area (Å²) in [6.45, 7) is 0. The molecule has 144 valence electrons. The molecule has 1 aromatic carbocycles. The van der Waals surface area contributed by atoms with Gasteiger partial charge in [0.15, 0.2) is 5.17 Å². The molecule has 1 heterocycles. The Morgan fingerprint density at radius 1 is 1.31 bits per heavy atom. The van der Waals surface area contributed by atoms with Crippen LogP contribution in [0.5, 0.6) is 0 Å². The van der Waals surface area contributed by atoms with Gasteiger partial charge in [-0.2, -0.15) is 0 Å². The summed E-state index contributed by atoms with van der Waals surface area (Å²) in [6.07, 6.45) is 6.69. The molecule has 8 heteroatoms. The number of nitrogens with one attached hydrogen (secondary N) is 1. The largest absolute Gasteiger partial charge is 0.350 e. The molecule has 1 atom stereocenters. The van der Waals surface area contributed by atoms with Gasteiger partial charge in [-0.15, -0.1) is 12.4 Å². The molecule has 0 spiro atoms. The zero-order chi connectivity index (χ0) is 17.8. The summed E-state index contributed by atoms with van der Waals surface area (Å²) in [5.74, 6) is 0.833. The van der Waals surface area contributed by atoms with Crippen LogP contribution in [0.15, 0.2) is 23.2 Å². The highest BCUT2D eigenvalue weighted by Gasteiger charge is 2.30. The molecular formula is C18H24Cl3N3OS. The average molecular weight is 437 g/mol. The van der Waals surface area contributed by atoms with E-state index in [4.69, 9.17) is 28.2 Å². The van der Waals surface area contributed by atoms with Gasteiger partial charge in [0, 0.05) is 25.3 Å². The molecule has 1 unspecified atom stereocenters. The third-order valence-corrected chi connectivity index (χ3v) is 6.79. The van der Waals surface area contributed by atoms with Gasteiger partial charge in [-0.3, -0.25) is 9.79 Å². The van der Waals surface area contributed by atoms with Gasteiger partial charge in [0.1, 0.15) is 0 Å². The Morgan fingerprint density at radius 2 is 2.04 bits per heavy atom. The number of rotatable bonds is 4. The van der Waals surface area contributed by atoms with Gasteiger partial charge < -0.3 is 10.2 Å². The number of hydrogen-bond donors (Lipinski definition) is 1. The molecule has 1 N–H and O–H groups in total. The molecule has 4 nitrogen and oxygen atoms in total. The van der Waals surface area contributed by atoms with Crippen molar-refractivity contribution in [3.8, 4) is 0 Å². The first-order valence-electron chi connectivity index (χ1n) is 8.72. The van der Waals surface area contributed by atoms with E-state index in [0.29, 0.717) is 28.2 Å². The fourth-order valence-electron chi connectivity index (χ4n) is 3.25. The van der Waals surface area contributed by atoms with Crippen LogP contribution in [0, 0.1) is 0 Å². The molecule has 1 aromatic rings. The van der Waals surface area contributed by atoms with Gasteiger partial charge in [0.05, 0.1) is 21.8 Å². The van der Waals surface area contributed by atoms with Crippen LogP contribution in [-0.2, 0) is 4.79 Å². The topological polar surface area (TPSA) is 44.7 Å². The molecule has 1 aliphatic carbocycles. The standard InChI is InChI=1S/C18H23Cl2N3OS.ClH/c1-23-13(11-25-18(23)21-12-6-3-2-4-7-12)10-16(24)22-15-9-5-8-14(19)17(15)20;/h5,8-9,12-13H,2-4,6-7,10-11H2,1H3,(H,22,24);1H. The maximum absolute atomic E-state index is 12.4. The highest BCUT2D eigenvalue weighted by atomic mass is 35.5. The van der Waals surface area contributed by atoms with E-state index in [1.54, 1.807) is 30.0 Å². The molecule has 0 bridgehead atoms. The minimum atomic E-state index is -0.0551. The average Bonchev–Trinajstić information content (AvgIpc) is 2.93. The molecule has 1 aliphatic heterocycles. The van der Waals surface area contributed by atoms with Crippen LogP contribution in [0.25, 0.3) is 0 Å². The van der Waals surface area contributed by atoms with Gasteiger partial charge in [-0.25, -0.2) is 0 Å². The predicted molar refractivity (Wildman–Crippen MR) is 115 cm³/mol. The molecule has 1 amide bonds. The monoisotopic (exact) mass is 435 g/mol. The molecule has 3 rings (SSSR count). The highest BCUT2D eigenvalue weighted by Crippen LogP contribution is 2.31. The lowest BCUT2D eigenvalue weighted by Gasteiger charge is -2.23. The summed E-state index contributed by atoms with van der Waals surface area (Å²) < 4.78 is 0. The number of thioether (sulfide) groups is 1. The second-order valence-electron chi connectivity index (χ2n) is 6.63. The number of amidine groups is 1. The van der Waals surface area contributed by atoms with E-state index >= 15 is 0 Å². The summed E-state index contributed by atoms with van der Waals surface area (Å²) in [6, 6.07) is 5.85. The van der Waals surface area contributed by atoms with Crippen molar-refractivity contribution in [2.75, 3.05) is 18.1 Å². The Bertz CT molecular complexity index is 665. The maximum atomic E-state index is 12.4. The van der Waals surface area contributed by atoms with Gasteiger partial charge in [-0.1, -0.05) is 60.3 Å². The van der Waals surface area contributed by atoms with Crippen molar-refractivity contribution < 1.29 is 4.79 Å². The van der Waals surface area contributed by atoms with Crippen molar-refractivity contribution in [3.63, 3.8) is 0 Å². The van der Waals surface area contributed by atoms with E-state index in [2.05, 4.69) is 10.2 Å². The summed E-state index contributed by atoms with van der Waals surface area (Å²) in [5.41, 5.74) is 0.559. The van der Waals surface area contributed by atoms with Crippen molar-refractivity contribution in [1.29, 1.82) is 0 Å². The third kappa shape index (κ3) is 5.44. The second kappa shape index (κ2) is 10.1. The molecule has 1 saturated heterocycles. The molecule has 0 aromatic heterocycles. The Balaban J connectivity index is 0.00000243. The molecule has 2 fully saturated rings. The SMILES string of the molecule is CN1C(=NC2CCCCC2)SCC1CC(=O)Nc1cccc(Cl)c1Cl.Cl. The lowest BCUT2D eigenvalue weighted by molar-refractivity contribution is -0.116. The number of amides is 1. The van der Waals surface area contributed by atoms with Crippen molar-refractivity contribution in [2.45, 2.75) is 50.6 Å². The Labute approximate surface area is 175 Å². The van der Waals surface area contributed by atoms with Gasteiger partial charge in [-0.05, 0) is 25.0 Å². The summed E-state index contributed by atoms with van der Waals surface area (Å²) in [5, 5.41) is 4.76. The number of halogens is 3. The Hall–Kier alpha value is -0.620. The summed E-state index contributed by atoms with van der Waals surface area (Å²) in [7, 11) is 2.03. The number of benzene rings is 1. The van der Waals surface area contributed by atoms with Gasteiger partial charge in [0.2, 0.25) is 5.91 Å². The van der Waals surface area contributed by atoms with E-state index < -0.39 is 0 Å². The molecule has 2 aliphatic rings. The number of carbonyl (C=O) groups excluding carboxylic acids is 1. The molecular weight excluding hydrogens is 413 g/mol. The van der Waals surface area contributed by atoms with Crippen LogP contribution < -0.4 is 5.32 Å². The smallest absolute Gasteiger partial charge is 0.226 e. The van der Waals surface area contributed by atoms with Crippen molar-refractivity contribution in [3.05, 3.63) is 28.2 Å². The second-order valence-corrected chi connectivity index (χ2v) is 8.41. The fraction of sp³-hybridized carbons (Fsp3) is 0.556. The lowest BCUT2D eigenvalue weighted by atomic mass is 9.96. The predicted octanol–water partition coefficient (Wildman–Crippen LogP) is 5.48. The van der Waals surface area contributed by atoms with Crippen LogP contribution in [0.3, 0.4) is 0 Å². The van der Waals surface area contributed by atoms with Crippen LogP contribution in [0.4, 0.5) is 5.69 Å². The zero-order valence-corrected chi connectivity index (χ0v) is 17.9. The first-order valence-corrected chi connectivity index (χ1v) is 10.5. The van der Waals surface area contributed by atoms with Crippen LogP contribution >= 0.6 is 47.4 Å². The minimum absolute atomic E-state index is 0. The van der Waals surface area contributed by atoms with Crippen molar-refractivity contribution >= 4 is 64.1 Å². The van der Waals surface area contributed by atoms with E-state index in [9.17, 15) is 4.79 Å². The van der Waals surface area contributed by atoms with E-state index in [1.807, 2.05) is 7.05 Å². The zero-order valence-electron chi connectivity index (χ0n) is 14.7. The summed E-state index contributed by atoms with van der Waals surface area (Å²) in [4.78, 5) is 19.5. The number of nitrogens with zero attached hydrogens (tertiary/aromatic N) is 2. The van der Waals surface area contributed by atoms with Crippen molar-refractivity contribution in [2.24, 2.45) is 4.99 Å². The van der Waals surface area contributed by atoms with Crippen LogP contribution in [0.1, 0.15) is 38.5 Å². The van der Waals surface area contributed by atoms with E-state index in [-0.39, 0.29) is 24.4 Å². The third-order valence-electron chi connectivity index (χ3n) is 4.77.